The molecule has 2 unspecified atom stereocenters. The summed E-state index contributed by atoms with van der Waals surface area (Å²) in [7, 11) is 0. The average Bonchev–Trinajstić information content (AvgIpc) is 2.79. The van der Waals surface area contributed by atoms with Crippen molar-refractivity contribution in [1.82, 2.24) is 5.32 Å². The van der Waals surface area contributed by atoms with Crippen LogP contribution in [0.2, 0.25) is 0 Å². The van der Waals surface area contributed by atoms with Crippen LogP contribution in [0.4, 0.5) is 0 Å². The van der Waals surface area contributed by atoms with E-state index in [2.05, 4.69) is 5.32 Å². The molecule has 0 bridgehead atoms. The van der Waals surface area contributed by atoms with Gasteiger partial charge in [0.1, 0.15) is 0 Å². The minimum absolute atomic E-state index is 0.303. The third kappa shape index (κ3) is 6.99. The zero-order chi connectivity index (χ0) is 12.5. The van der Waals surface area contributed by atoms with Crippen LogP contribution in [0.1, 0.15) is 45.4 Å². The molecule has 1 aliphatic carbocycles. The number of aliphatic hydroxyl groups is 2. The summed E-state index contributed by atoms with van der Waals surface area (Å²) in [5.41, 5.74) is 0. The van der Waals surface area contributed by atoms with Crippen molar-refractivity contribution in [2.75, 3.05) is 19.7 Å². The molecule has 0 aromatic carbocycles. The number of rotatable bonds is 9. The fraction of sp³-hybridized carbons (Fsp3) is 1.00. The quantitative estimate of drug-likeness (QED) is 0.568. The van der Waals surface area contributed by atoms with Crippen LogP contribution in [0.5, 0.6) is 0 Å². The molecule has 17 heavy (non-hydrogen) atoms. The van der Waals surface area contributed by atoms with Gasteiger partial charge in [0, 0.05) is 13.1 Å². The molecular weight excluding hydrogens is 218 g/mol. The Morgan fingerprint density at radius 3 is 2.47 bits per heavy atom. The van der Waals surface area contributed by atoms with Crippen LogP contribution in [0.25, 0.3) is 0 Å². The Morgan fingerprint density at radius 1 is 1.18 bits per heavy atom. The molecule has 0 saturated heterocycles. The molecule has 0 spiro atoms. The van der Waals surface area contributed by atoms with E-state index in [1.54, 1.807) is 0 Å². The molecule has 4 heteroatoms. The molecular formula is C13H27NO3. The van der Waals surface area contributed by atoms with Crippen LogP contribution in [0.15, 0.2) is 0 Å². The first-order valence-electron chi connectivity index (χ1n) is 6.90. The zero-order valence-electron chi connectivity index (χ0n) is 10.9. The molecule has 0 aromatic rings. The van der Waals surface area contributed by atoms with Crippen LogP contribution in [-0.4, -0.2) is 48.2 Å². The molecule has 2 atom stereocenters. The van der Waals surface area contributed by atoms with Crippen molar-refractivity contribution in [2.45, 2.75) is 63.8 Å². The Hall–Kier alpha value is -0.160. The standard InChI is InChI=1S/C13H27NO3/c1-2-5-11(15)8-14-9-12(16)10-17-13-6-3-4-7-13/h11-16H,2-10H2,1H3. The highest BCUT2D eigenvalue weighted by Crippen LogP contribution is 2.20. The molecule has 1 rings (SSSR count). The summed E-state index contributed by atoms with van der Waals surface area (Å²) >= 11 is 0. The van der Waals surface area contributed by atoms with Crippen molar-refractivity contribution in [3.63, 3.8) is 0 Å². The molecule has 1 fully saturated rings. The lowest BCUT2D eigenvalue weighted by Crippen LogP contribution is -2.35. The van der Waals surface area contributed by atoms with Crippen molar-refractivity contribution in [3.05, 3.63) is 0 Å². The topological polar surface area (TPSA) is 61.7 Å². The maximum absolute atomic E-state index is 9.68. The maximum Gasteiger partial charge on any atom is 0.0897 e. The predicted molar refractivity (Wildman–Crippen MR) is 68.0 cm³/mol. The third-order valence-electron chi connectivity index (χ3n) is 3.21. The summed E-state index contributed by atoms with van der Waals surface area (Å²) in [6, 6.07) is 0. The first-order valence-corrected chi connectivity index (χ1v) is 6.90. The van der Waals surface area contributed by atoms with Crippen LogP contribution in [0.3, 0.4) is 0 Å². The molecule has 0 aromatic heterocycles. The van der Waals surface area contributed by atoms with Gasteiger partial charge in [-0.05, 0) is 19.3 Å². The molecule has 102 valence electrons. The fourth-order valence-corrected chi connectivity index (χ4v) is 2.21. The number of ether oxygens (including phenoxy) is 1. The van der Waals surface area contributed by atoms with Gasteiger partial charge in [-0.2, -0.15) is 0 Å². The number of nitrogens with one attached hydrogen (secondary N) is 1. The Labute approximate surface area is 104 Å². The van der Waals surface area contributed by atoms with Gasteiger partial charge in [0.15, 0.2) is 0 Å². The number of hydrogen-bond donors (Lipinski definition) is 3. The fourth-order valence-electron chi connectivity index (χ4n) is 2.21. The summed E-state index contributed by atoms with van der Waals surface area (Å²) < 4.78 is 5.62. The predicted octanol–water partition coefficient (Wildman–Crippen LogP) is 1.06. The highest BCUT2D eigenvalue weighted by Gasteiger charge is 2.16. The highest BCUT2D eigenvalue weighted by atomic mass is 16.5. The van der Waals surface area contributed by atoms with Crippen LogP contribution >= 0.6 is 0 Å². The Morgan fingerprint density at radius 2 is 1.82 bits per heavy atom. The van der Waals surface area contributed by atoms with Gasteiger partial charge in [-0.25, -0.2) is 0 Å². The van der Waals surface area contributed by atoms with Gasteiger partial charge in [0.05, 0.1) is 24.9 Å². The molecule has 0 heterocycles. The second kappa shape index (κ2) is 8.86. The minimum atomic E-state index is -0.468. The Balaban J connectivity index is 1.94. The van der Waals surface area contributed by atoms with E-state index in [0.29, 0.717) is 25.8 Å². The van der Waals surface area contributed by atoms with E-state index in [-0.39, 0.29) is 6.10 Å². The maximum atomic E-state index is 9.68. The van der Waals surface area contributed by atoms with E-state index in [4.69, 9.17) is 4.74 Å². The summed E-state index contributed by atoms with van der Waals surface area (Å²) in [6.45, 7) is 3.50. The molecule has 0 radical (unpaired) electrons. The third-order valence-corrected chi connectivity index (χ3v) is 3.21. The van der Waals surface area contributed by atoms with Gasteiger partial charge < -0.3 is 20.3 Å². The molecule has 3 N–H and O–H groups in total. The van der Waals surface area contributed by atoms with Gasteiger partial charge in [0.2, 0.25) is 0 Å². The van der Waals surface area contributed by atoms with Crippen LogP contribution in [-0.2, 0) is 4.74 Å². The second-order valence-electron chi connectivity index (χ2n) is 4.99. The van der Waals surface area contributed by atoms with Crippen molar-refractivity contribution in [2.24, 2.45) is 0 Å². The normalized spacial score (nSPS) is 20.6. The SMILES string of the molecule is CCCC(O)CNCC(O)COC1CCCC1. The van der Waals surface area contributed by atoms with Gasteiger partial charge in [0.25, 0.3) is 0 Å². The summed E-state index contributed by atoms with van der Waals surface area (Å²) in [6.07, 6.45) is 6.15. The Kier molecular flexibility index (Phi) is 7.77. The minimum Gasteiger partial charge on any atom is -0.392 e. The highest BCUT2D eigenvalue weighted by molar-refractivity contribution is 4.69. The first-order chi connectivity index (χ1) is 8.22. The van der Waals surface area contributed by atoms with Crippen LogP contribution < -0.4 is 5.32 Å². The second-order valence-corrected chi connectivity index (χ2v) is 4.99. The van der Waals surface area contributed by atoms with Gasteiger partial charge >= 0.3 is 0 Å². The summed E-state index contributed by atoms with van der Waals surface area (Å²) in [4.78, 5) is 0. The zero-order valence-corrected chi connectivity index (χ0v) is 10.9. The first kappa shape index (κ1) is 14.9. The summed E-state index contributed by atoms with van der Waals surface area (Å²) in [5, 5.41) is 22.2. The largest absolute Gasteiger partial charge is 0.392 e. The van der Waals surface area contributed by atoms with Crippen molar-refractivity contribution in [3.8, 4) is 0 Å². The van der Waals surface area contributed by atoms with Crippen molar-refractivity contribution >= 4 is 0 Å². The smallest absolute Gasteiger partial charge is 0.0897 e. The average molecular weight is 245 g/mol. The van der Waals surface area contributed by atoms with Crippen molar-refractivity contribution in [1.29, 1.82) is 0 Å². The molecule has 4 nitrogen and oxygen atoms in total. The number of hydrogen-bond acceptors (Lipinski definition) is 4. The van der Waals surface area contributed by atoms with E-state index in [0.717, 1.165) is 25.7 Å². The van der Waals surface area contributed by atoms with Gasteiger partial charge in [-0.3, -0.25) is 0 Å². The Bertz CT molecular complexity index is 184. The van der Waals surface area contributed by atoms with Crippen LogP contribution in [0, 0.1) is 0 Å². The molecule has 0 amide bonds. The molecule has 1 saturated carbocycles. The van der Waals surface area contributed by atoms with E-state index < -0.39 is 6.10 Å². The summed E-state index contributed by atoms with van der Waals surface area (Å²) in [5.74, 6) is 0. The lowest BCUT2D eigenvalue weighted by atomic mass is 10.2. The molecule has 1 aliphatic rings. The lowest BCUT2D eigenvalue weighted by molar-refractivity contribution is -0.00626. The number of aliphatic hydroxyl groups excluding tert-OH is 2. The van der Waals surface area contributed by atoms with Crippen molar-refractivity contribution < 1.29 is 14.9 Å². The van der Waals surface area contributed by atoms with Gasteiger partial charge in [-0.15, -0.1) is 0 Å². The van der Waals surface area contributed by atoms with E-state index >= 15 is 0 Å². The monoisotopic (exact) mass is 245 g/mol. The van der Waals surface area contributed by atoms with E-state index in [1.807, 2.05) is 6.92 Å². The lowest BCUT2D eigenvalue weighted by Gasteiger charge is -2.17. The van der Waals surface area contributed by atoms with E-state index in [9.17, 15) is 10.2 Å². The van der Waals surface area contributed by atoms with Gasteiger partial charge in [-0.1, -0.05) is 26.2 Å². The van der Waals surface area contributed by atoms with E-state index in [1.165, 1.54) is 12.8 Å². The molecule has 0 aliphatic heterocycles.